The van der Waals surface area contributed by atoms with Gasteiger partial charge in [-0.25, -0.2) is 0 Å². The van der Waals surface area contributed by atoms with Crippen LogP contribution >= 0.6 is 22.9 Å². The highest BCUT2D eigenvalue weighted by atomic mass is 35.5. The Kier molecular flexibility index (Phi) is 5.25. The predicted octanol–water partition coefficient (Wildman–Crippen LogP) is 5.42. The summed E-state index contributed by atoms with van der Waals surface area (Å²) in [6.07, 6.45) is 1.12. The maximum atomic E-state index is 6.20. The smallest absolute Gasteiger partial charge is 0.0590 e. The lowest BCUT2D eigenvalue weighted by Crippen LogP contribution is -2.24. The van der Waals surface area contributed by atoms with Crippen LogP contribution in [0.1, 0.15) is 45.8 Å². The molecule has 20 heavy (non-hydrogen) atoms. The SMILES string of the molecule is CCCNC(c1cc(Cl)ccc1C)c1cc(C)sc1C. The molecule has 1 aromatic heterocycles. The highest BCUT2D eigenvalue weighted by molar-refractivity contribution is 7.12. The Morgan fingerprint density at radius 2 is 1.90 bits per heavy atom. The molecular formula is C17H22ClNS. The van der Waals surface area contributed by atoms with Gasteiger partial charge in [-0.2, -0.15) is 0 Å². The largest absolute Gasteiger partial charge is 0.306 e. The van der Waals surface area contributed by atoms with Gasteiger partial charge in [0.15, 0.2) is 0 Å². The molecule has 3 heteroatoms. The second-order valence-corrected chi connectivity index (χ2v) is 7.15. The zero-order chi connectivity index (χ0) is 14.7. The third-order valence-corrected chi connectivity index (χ3v) is 4.76. The summed E-state index contributed by atoms with van der Waals surface area (Å²) in [4.78, 5) is 2.75. The summed E-state index contributed by atoms with van der Waals surface area (Å²) >= 11 is 8.06. The molecule has 0 fully saturated rings. The molecule has 0 aliphatic heterocycles. The van der Waals surface area contributed by atoms with Crippen molar-refractivity contribution in [2.45, 2.75) is 40.2 Å². The minimum Gasteiger partial charge on any atom is -0.306 e. The zero-order valence-corrected chi connectivity index (χ0v) is 14.2. The van der Waals surface area contributed by atoms with Gasteiger partial charge in [0.05, 0.1) is 6.04 Å². The number of benzene rings is 1. The van der Waals surface area contributed by atoms with Crippen LogP contribution in [0.25, 0.3) is 0 Å². The summed E-state index contributed by atoms with van der Waals surface area (Å²) in [7, 11) is 0. The van der Waals surface area contributed by atoms with Gasteiger partial charge in [0.25, 0.3) is 0 Å². The molecule has 0 saturated carbocycles. The fourth-order valence-corrected chi connectivity index (χ4v) is 3.68. The van der Waals surface area contributed by atoms with E-state index in [-0.39, 0.29) is 6.04 Å². The number of rotatable bonds is 5. The Morgan fingerprint density at radius 1 is 1.15 bits per heavy atom. The normalized spacial score (nSPS) is 12.7. The maximum absolute atomic E-state index is 6.20. The number of hydrogen-bond donors (Lipinski definition) is 1. The maximum Gasteiger partial charge on any atom is 0.0590 e. The minimum atomic E-state index is 0.235. The molecule has 1 nitrogen and oxygen atoms in total. The molecule has 1 N–H and O–H groups in total. The van der Waals surface area contributed by atoms with Gasteiger partial charge < -0.3 is 5.32 Å². The molecule has 1 heterocycles. The second-order valence-electron chi connectivity index (χ2n) is 5.26. The Morgan fingerprint density at radius 3 is 2.50 bits per heavy atom. The molecular weight excluding hydrogens is 286 g/mol. The van der Waals surface area contributed by atoms with Gasteiger partial charge in [-0.1, -0.05) is 24.6 Å². The van der Waals surface area contributed by atoms with Crippen molar-refractivity contribution in [3.05, 3.63) is 55.7 Å². The van der Waals surface area contributed by atoms with Crippen LogP contribution < -0.4 is 5.32 Å². The van der Waals surface area contributed by atoms with Crippen LogP contribution in [0.4, 0.5) is 0 Å². The van der Waals surface area contributed by atoms with E-state index in [1.807, 2.05) is 17.4 Å². The summed E-state index contributed by atoms with van der Waals surface area (Å²) in [5.74, 6) is 0. The van der Waals surface area contributed by atoms with E-state index in [1.165, 1.54) is 26.4 Å². The van der Waals surface area contributed by atoms with Crippen LogP contribution in [0.15, 0.2) is 24.3 Å². The number of halogens is 1. The van der Waals surface area contributed by atoms with E-state index in [4.69, 9.17) is 11.6 Å². The van der Waals surface area contributed by atoms with Gasteiger partial charge in [-0.05, 0) is 68.6 Å². The second kappa shape index (κ2) is 6.75. The molecule has 1 aromatic carbocycles. The molecule has 2 aromatic rings. The molecule has 0 saturated heterocycles. The first-order valence-corrected chi connectivity index (χ1v) is 8.28. The number of thiophene rings is 1. The van der Waals surface area contributed by atoms with Crippen molar-refractivity contribution in [2.24, 2.45) is 0 Å². The summed E-state index contributed by atoms with van der Waals surface area (Å²) in [6.45, 7) is 9.72. The van der Waals surface area contributed by atoms with Gasteiger partial charge in [-0.3, -0.25) is 0 Å². The number of nitrogens with one attached hydrogen (secondary N) is 1. The van der Waals surface area contributed by atoms with Crippen molar-refractivity contribution in [1.82, 2.24) is 5.32 Å². The topological polar surface area (TPSA) is 12.0 Å². The van der Waals surface area contributed by atoms with Crippen LogP contribution in [0.5, 0.6) is 0 Å². The molecule has 108 valence electrons. The fourth-order valence-electron chi connectivity index (χ4n) is 2.54. The van der Waals surface area contributed by atoms with E-state index in [0.717, 1.165) is 18.0 Å². The first-order chi connectivity index (χ1) is 9.52. The van der Waals surface area contributed by atoms with Gasteiger partial charge >= 0.3 is 0 Å². The molecule has 0 amide bonds. The van der Waals surface area contributed by atoms with Crippen molar-refractivity contribution in [2.75, 3.05) is 6.54 Å². The Bertz CT molecular complexity index is 589. The molecule has 1 atom stereocenters. The highest BCUT2D eigenvalue weighted by Crippen LogP contribution is 2.33. The van der Waals surface area contributed by atoms with E-state index in [2.05, 4.69) is 51.2 Å². The van der Waals surface area contributed by atoms with Crippen molar-refractivity contribution < 1.29 is 0 Å². The molecule has 1 unspecified atom stereocenters. The average Bonchev–Trinajstić information content (AvgIpc) is 2.73. The van der Waals surface area contributed by atoms with Gasteiger partial charge in [-0.15, -0.1) is 11.3 Å². The van der Waals surface area contributed by atoms with Crippen LogP contribution in [0.2, 0.25) is 5.02 Å². The summed E-state index contributed by atoms with van der Waals surface area (Å²) in [5.41, 5.74) is 3.95. The minimum absolute atomic E-state index is 0.235. The number of hydrogen-bond acceptors (Lipinski definition) is 2. The Labute approximate surface area is 131 Å². The van der Waals surface area contributed by atoms with Gasteiger partial charge in [0.1, 0.15) is 0 Å². The van der Waals surface area contributed by atoms with Crippen LogP contribution in [0, 0.1) is 20.8 Å². The third-order valence-electron chi connectivity index (χ3n) is 3.54. The quantitative estimate of drug-likeness (QED) is 0.778. The standard InChI is InChI=1S/C17H22ClNS/c1-5-8-19-17(16-9-12(3)20-13(16)4)15-10-14(18)7-6-11(15)2/h6-7,9-10,17,19H,5,8H2,1-4H3. The van der Waals surface area contributed by atoms with Crippen LogP contribution in [-0.2, 0) is 0 Å². The van der Waals surface area contributed by atoms with E-state index in [0.29, 0.717) is 0 Å². The monoisotopic (exact) mass is 307 g/mol. The Balaban J connectivity index is 2.46. The lowest BCUT2D eigenvalue weighted by atomic mass is 9.95. The van der Waals surface area contributed by atoms with E-state index >= 15 is 0 Å². The van der Waals surface area contributed by atoms with Crippen LogP contribution in [0.3, 0.4) is 0 Å². The molecule has 2 rings (SSSR count). The number of aryl methyl sites for hydroxylation is 3. The van der Waals surface area contributed by atoms with E-state index < -0.39 is 0 Å². The summed E-state index contributed by atoms with van der Waals surface area (Å²) < 4.78 is 0. The predicted molar refractivity (Wildman–Crippen MR) is 90.1 cm³/mol. The average molecular weight is 308 g/mol. The summed E-state index contributed by atoms with van der Waals surface area (Å²) in [5, 5.41) is 4.48. The van der Waals surface area contributed by atoms with Gasteiger partial charge in [0, 0.05) is 14.8 Å². The fraction of sp³-hybridized carbons (Fsp3) is 0.412. The first-order valence-electron chi connectivity index (χ1n) is 7.09. The van der Waals surface area contributed by atoms with Crippen molar-refractivity contribution in [1.29, 1.82) is 0 Å². The first kappa shape index (κ1) is 15.6. The van der Waals surface area contributed by atoms with Crippen LogP contribution in [-0.4, -0.2) is 6.54 Å². The third kappa shape index (κ3) is 3.43. The van der Waals surface area contributed by atoms with E-state index in [9.17, 15) is 0 Å². The molecule has 0 aliphatic carbocycles. The van der Waals surface area contributed by atoms with Gasteiger partial charge in [0.2, 0.25) is 0 Å². The zero-order valence-electron chi connectivity index (χ0n) is 12.6. The van der Waals surface area contributed by atoms with Crippen molar-refractivity contribution >= 4 is 22.9 Å². The van der Waals surface area contributed by atoms with E-state index in [1.54, 1.807) is 0 Å². The summed E-state index contributed by atoms with van der Waals surface area (Å²) in [6, 6.07) is 8.69. The highest BCUT2D eigenvalue weighted by Gasteiger charge is 2.19. The molecule has 0 radical (unpaired) electrons. The molecule has 0 aliphatic rings. The lowest BCUT2D eigenvalue weighted by molar-refractivity contribution is 0.595. The molecule has 0 bridgehead atoms. The van der Waals surface area contributed by atoms with Crippen molar-refractivity contribution in [3.8, 4) is 0 Å². The molecule has 0 spiro atoms. The van der Waals surface area contributed by atoms with Crippen molar-refractivity contribution in [3.63, 3.8) is 0 Å². The lowest BCUT2D eigenvalue weighted by Gasteiger charge is -2.21. The Hall–Kier alpha value is -0.830.